The first-order valence-corrected chi connectivity index (χ1v) is 5.90. The third-order valence-corrected chi connectivity index (χ3v) is 3.26. The van der Waals surface area contributed by atoms with Crippen molar-refractivity contribution in [3.8, 4) is 0 Å². The van der Waals surface area contributed by atoms with Gasteiger partial charge in [0.05, 0.1) is 0 Å². The fourth-order valence-electron chi connectivity index (χ4n) is 1.60. The van der Waals surface area contributed by atoms with Crippen LogP contribution in [0, 0.1) is 0 Å². The topological polar surface area (TPSA) is 38.0 Å². The van der Waals surface area contributed by atoms with Crippen molar-refractivity contribution >= 4 is 11.3 Å². The van der Waals surface area contributed by atoms with Crippen molar-refractivity contribution in [2.24, 2.45) is 0 Å². The van der Waals surface area contributed by atoms with Gasteiger partial charge in [0.1, 0.15) is 11.9 Å². The van der Waals surface area contributed by atoms with Crippen LogP contribution in [-0.2, 0) is 13.0 Å². The minimum atomic E-state index is -0.501. The lowest BCUT2D eigenvalue weighted by Gasteiger charge is -2.10. The molecule has 0 aliphatic carbocycles. The van der Waals surface area contributed by atoms with Crippen molar-refractivity contribution in [2.75, 3.05) is 0 Å². The molecule has 0 saturated carbocycles. The second-order valence-corrected chi connectivity index (χ2v) is 4.40. The maximum Gasteiger partial charge on any atom is 0.137 e. The molecule has 2 aromatic rings. The third kappa shape index (κ3) is 2.27. The van der Waals surface area contributed by atoms with Crippen LogP contribution in [0.15, 0.2) is 29.9 Å². The van der Waals surface area contributed by atoms with Crippen LogP contribution in [0.4, 0.5) is 0 Å². The van der Waals surface area contributed by atoms with E-state index in [1.807, 2.05) is 35.2 Å². The van der Waals surface area contributed by atoms with Crippen LogP contribution in [0.25, 0.3) is 0 Å². The van der Waals surface area contributed by atoms with Crippen LogP contribution in [0.3, 0.4) is 0 Å². The molecule has 0 aliphatic rings. The molecule has 2 aromatic heterocycles. The van der Waals surface area contributed by atoms with Crippen LogP contribution in [0.1, 0.15) is 23.7 Å². The summed E-state index contributed by atoms with van der Waals surface area (Å²) in [5.74, 6) is 0.755. The Hall–Kier alpha value is -1.13. The van der Waals surface area contributed by atoms with Gasteiger partial charge in [-0.2, -0.15) is 0 Å². The van der Waals surface area contributed by atoms with E-state index in [9.17, 15) is 5.11 Å². The number of rotatable bonds is 4. The minimum Gasteiger partial charge on any atom is -0.385 e. The molecule has 0 amide bonds. The summed E-state index contributed by atoms with van der Waals surface area (Å²) in [6.45, 7) is 2.89. The maximum absolute atomic E-state index is 10.0. The van der Waals surface area contributed by atoms with E-state index in [0.29, 0.717) is 6.42 Å². The second kappa shape index (κ2) is 4.59. The van der Waals surface area contributed by atoms with E-state index in [4.69, 9.17) is 0 Å². The van der Waals surface area contributed by atoms with Crippen LogP contribution >= 0.6 is 11.3 Å². The van der Waals surface area contributed by atoms with Gasteiger partial charge in [0.2, 0.25) is 0 Å². The fourth-order valence-corrected chi connectivity index (χ4v) is 2.34. The molecule has 1 N–H and O–H groups in total. The molecule has 0 saturated heterocycles. The average molecular weight is 222 g/mol. The van der Waals surface area contributed by atoms with Crippen molar-refractivity contribution < 1.29 is 5.11 Å². The molecule has 2 rings (SSSR count). The first-order valence-electron chi connectivity index (χ1n) is 5.02. The largest absolute Gasteiger partial charge is 0.385 e. The van der Waals surface area contributed by atoms with Crippen molar-refractivity contribution in [3.63, 3.8) is 0 Å². The van der Waals surface area contributed by atoms with Crippen molar-refractivity contribution in [2.45, 2.75) is 26.0 Å². The molecule has 0 bridgehead atoms. The van der Waals surface area contributed by atoms with Gasteiger partial charge >= 0.3 is 0 Å². The van der Waals surface area contributed by atoms with Gasteiger partial charge in [-0.3, -0.25) is 0 Å². The van der Waals surface area contributed by atoms with Gasteiger partial charge in [0.25, 0.3) is 0 Å². The number of thiophene rings is 1. The lowest BCUT2D eigenvalue weighted by atomic mass is 10.2. The van der Waals surface area contributed by atoms with E-state index in [-0.39, 0.29) is 0 Å². The predicted molar refractivity (Wildman–Crippen MR) is 60.9 cm³/mol. The number of hydrogen-bond acceptors (Lipinski definition) is 3. The highest BCUT2D eigenvalue weighted by Gasteiger charge is 2.14. The Balaban J connectivity index is 2.11. The monoisotopic (exact) mass is 222 g/mol. The molecule has 4 heteroatoms. The molecule has 15 heavy (non-hydrogen) atoms. The summed E-state index contributed by atoms with van der Waals surface area (Å²) in [5.41, 5.74) is 0. The Morgan fingerprint density at radius 2 is 2.47 bits per heavy atom. The Morgan fingerprint density at radius 3 is 3.13 bits per heavy atom. The molecule has 0 spiro atoms. The first-order chi connectivity index (χ1) is 7.31. The summed E-state index contributed by atoms with van der Waals surface area (Å²) in [7, 11) is 0. The SMILES string of the molecule is CCn1ccnc1C(O)Cc1cccs1. The highest BCUT2D eigenvalue weighted by molar-refractivity contribution is 7.09. The first kappa shape index (κ1) is 10.4. The van der Waals surface area contributed by atoms with Gasteiger partial charge < -0.3 is 9.67 Å². The zero-order chi connectivity index (χ0) is 10.7. The van der Waals surface area contributed by atoms with Crippen molar-refractivity contribution in [1.82, 2.24) is 9.55 Å². The Morgan fingerprint density at radius 1 is 1.60 bits per heavy atom. The third-order valence-electron chi connectivity index (χ3n) is 2.36. The quantitative estimate of drug-likeness (QED) is 0.861. The molecule has 3 nitrogen and oxygen atoms in total. The zero-order valence-corrected chi connectivity index (χ0v) is 9.44. The summed E-state index contributed by atoms with van der Waals surface area (Å²) in [6.07, 6.45) is 3.77. The van der Waals surface area contributed by atoms with Crippen LogP contribution < -0.4 is 0 Å². The number of aliphatic hydroxyl groups is 1. The average Bonchev–Trinajstić information content (AvgIpc) is 2.86. The molecule has 0 fully saturated rings. The summed E-state index contributed by atoms with van der Waals surface area (Å²) in [5, 5.41) is 12.0. The smallest absolute Gasteiger partial charge is 0.137 e. The van der Waals surface area contributed by atoms with Gasteiger partial charge in [-0.1, -0.05) is 6.07 Å². The number of imidazole rings is 1. The lowest BCUT2D eigenvalue weighted by molar-refractivity contribution is 0.164. The highest BCUT2D eigenvalue weighted by Crippen LogP contribution is 2.19. The molecule has 1 atom stereocenters. The second-order valence-electron chi connectivity index (χ2n) is 3.37. The maximum atomic E-state index is 10.0. The fraction of sp³-hybridized carbons (Fsp3) is 0.364. The van der Waals surface area contributed by atoms with E-state index < -0.39 is 6.10 Å². The Kier molecular flexibility index (Phi) is 3.18. The van der Waals surface area contributed by atoms with Gasteiger partial charge in [0.15, 0.2) is 0 Å². The zero-order valence-electron chi connectivity index (χ0n) is 8.63. The summed E-state index contributed by atoms with van der Waals surface area (Å²) in [6, 6.07) is 4.03. The number of aliphatic hydroxyl groups excluding tert-OH is 1. The van der Waals surface area contributed by atoms with E-state index in [1.54, 1.807) is 17.5 Å². The number of nitrogens with zero attached hydrogens (tertiary/aromatic N) is 2. The van der Waals surface area contributed by atoms with Gasteiger partial charge in [-0.25, -0.2) is 4.98 Å². The van der Waals surface area contributed by atoms with E-state index >= 15 is 0 Å². The van der Waals surface area contributed by atoms with Crippen LogP contribution in [0.2, 0.25) is 0 Å². The molecular formula is C11H14N2OS. The van der Waals surface area contributed by atoms with Crippen molar-refractivity contribution in [3.05, 3.63) is 40.6 Å². The predicted octanol–water partition coefficient (Wildman–Crippen LogP) is 2.24. The van der Waals surface area contributed by atoms with Gasteiger partial charge in [-0.05, 0) is 18.4 Å². The van der Waals surface area contributed by atoms with Gasteiger partial charge in [-0.15, -0.1) is 11.3 Å². The Bertz CT molecular complexity index is 408. The molecule has 1 unspecified atom stereocenters. The minimum absolute atomic E-state index is 0.501. The number of aromatic nitrogens is 2. The standard InChI is InChI=1S/C11H14N2OS/c1-2-13-6-5-12-11(13)10(14)8-9-4-3-7-15-9/h3-7,10,14H,2,8H2,1H3. The molecule has 0 aromatic carbocycles. The molecule has 0 radical (unpaired) electrons. The highest BCUT2D eigenvalue weighted by atomic mass is 32.1. The van der Waals surface area contributed by atoms with Crippen LogP contribution in [0.5, 0.6) is 0 Å². The van der Waals surface area contributed by atoms with Crippen molar-refractivity contribution in [1.29, 1.82) is 0 Å². The lowest BCUT2D eigenvalue weighted by Crippen LogP contribution is -2.09. The van der Waals surface area contributed by atoms with Crippen LogP contribution in [-0.4, -0.2) is 14.7 Å². The summed E-state index contributed by atoms with van der Waals surface area (Å²) in [4.78, 5) is 5.37. The summed E-state index contributed by atoms with van der Waals surface area (Å²) < 4.78 is 1.97. The summed E-state index contributed by atoms with van der Waals surface area (Å²) >= 11 is 1.66. The molecule has 80 valence electrons. The van der Waals surface area contributed by atoms with E-state index in [2.05, 4.69) is 4.98 Å². The number of hydrogen-bond donors (Lipinski definition) is 1. The van der Waals surface area contributed by atoms with E-state index in [0.717, 1.165) is 12.4 Å². The van der Waals surface area contributed by atoms with E-state index in [1.165, 1.54) is 4.88 Å². The molecule has 0 aliphatic heterocycles. The van der Waals surface area contributed by atoms with Gasteiger partial charge in [0, 0.05) is 30.2 Å². The Labute approximate surface area is 93.0 Å². The number of aryl methyl sites for hydroxylation is 1. The molecular weight excluding hydrogens is 208 g/mol. The molecule has 2 heterocycles. The normalized spacial score (nSPS) is 12.9.